The minimum atomic E-state index is -0.0775. The van der Waals surface area contributed by atoms with Gasteiger partial charge in [0, 0.05) is 17.5 Å². The summed E-state index contributed by atoms with van der Waals surface area (Å²) in [5.74, 6) is -0.0775. The van der Waals surface area contributed by atoms with Crippen LogP contribution in [0, 0.1) is 6.92 Å². The first-order valence-corrected chi connectivity index (χ1v) is 5.51. The van der Waals surface area contributed by atoms with Crippen molar-refractivity contribution in [3.63, 3.8) is 0 Å². The SMILES string of the molecule is Cc1nc(C(=O)NC2CC(N)C2)cs1. The summed E-state index contributed by atoms with van der Waals surface area (Å²) in [6, 6.07) is 0.511. The summed E-state index contributed by atoms with van der Waals surface area (Å²) in [6.07, 6.45) is 1.77. The van der Waals surface area contributed by atoms with E-state index >= 15 is 0 Å². The van der Waals surface area contributed by atoms with Crippen LogP contribution in [0.1, 0.15) is 28.3 Å². The highest BCUT2D eigenvalue weighted by Crippen LogP contribution is 2.18. The van der Waals surface area contributed by atoms with Gasteiger partial charge in [0.1, 0.15) is 5.69 Å². The molecule has 4 nitrogen and oxygen atoms in total. The largest absolute Gasteiger partial charge is 0.348 e. The summed E-state index contributed by atoms with van der Waals surface area (Å²) < 4.78 is 0. The lowest BCUT2D eigenvalue weighted by Crippen LogP contribution is -2.50. The lowest BCUT2D eigenvalue weighted by atomic mass is 9.87. The molecule has 0 spiro atoms. The molecule has 14 heavy (non-hydrogen) atoms. The van der Waals surface area contributed by atoms with E-state index in [9.17, 15) is 4.79 Å². The van der Waals surface area contributed by atoms with Gasteiger partial charge in [-0.2, -0.15) is 0 Å². The zero-order valence-electron chi connectivity index (χ0n) is 7.99. The second kappa shape index (κ2) is 3.67. The summed E-state index contributed by atoms with van der Waals surface area (Å²) in [5, 5.41) is 5.60. The van der Waals surface area contributed by atoms with Gasteiger partial charge in [-0.1, -0.05) is 0 Å². The van der Waals surface area contributed by atoms with Gasteiger partial charge in [0.15, 0.2) is 0 Å². The smallest absolute Gasteiger partial charge is 0.270 e. The maximum absolute atomic E-state index is 11.6. The van der Waals surface area contributed by atoms with Crippen molar-refractivity contribution in [3.05, 3.63) is 16.1 Å². The van der Waals surface area contributed by atoms with E-state index in [2.05, 4.69) is 10.3 Å². The van der Waals surface area contributed by atoms with E-state index in [-0.39, 0.29) is 18.0 Å². The lowest BCUT2D eigenvalue weighted by molar-refractivity contribution is 0.0905. The van der Waals surface area contributed by atoms with Crippen LogP contribution in [0.2, 0.25) is 0 Å². The number of aromatic nitrogens is 1. The predicted octanol–water partition coefficient (Wildman–Crippen LogP) is 0.671. The average molecular weight is 211 g/mol. The van der Waals surface area contributed by atoms with Gasteiger partial charge in [-0.15, -0.1) is 11.3 Å². The van der Waals surface area contributed by atoms with Crippen molar-refractivity contribution in [2.24, 2.45) is 5.73 Å². The molecule has 1 aliphatic rings. The summed E-state index contributed by atoms with van der Waals surface area (Å²) >= 11 is 1.49. The van der Waals surface area contributed by atoms with Crippen molar-refractivity contribution in [2.45, 2.75) is 31.8 Å². The monoisotopic (exact) mass is 211 g/mol. The zero-order valence-corrected chi connectivity index (χ0v) is 8.80. The molecular formula is C9H13N3OS. The molecule has 1 saturated carbocycles. The Balaban J connectivity index is 1.90. The third-order valence-corrected chi connectivity index (χ3v) is 3.13. The maximum Gasteiger partial charge on any atom is 0.270 e. The molecule has 1 aromatic rings. The average Bonchev–Trinajstić information content (AvgIpc) is 2.49. The number of rotatable bonds is 2. The maximum atomic E-state index is 11.6. The van der Waals surface area contributed by atoms with Gasteiger partial charge in [0.2, 0.25) is 0 Å². The number of hydrogen-bond acceptors (Lipinski definition) is 4. The third-order valence-electron chi connectivity index (χ3n) is 2.36. The van der Waals surface area contributed by atoms with Crippen molar-refractivity contribution < 1.29 is 4.79 Å². The molecule has 0 aromatic carbocycles. The van der Waals surface area contributed by atoms with Gasteiger partial charge in [-0.25, -0.2) is 4.98 Å². The van der Waals surface area contributed by atoms with Crippen LogP contribution in [0.5, 0.6) is 0 Å². The molecule has 1 aromatic heterocycles. The lowest BCUT2D eigenvalue weighted by Gasteiger charge is -2.32. The molecule has 0 saturated heterocycles. The van der Waals surface area contributed by atoms with Crippen LogP contribution >= 0.6 is 11.3 Å². The van der Waals surface area contributed by atoms with Crippen molar-refractivity contribution in [1.29, 1.82) is 0 Å². The van der Waals surface area contributed by atoms with E-state index in [1.807, 2.05) is 6.92 Å². The summed E-state index contributed by atoms with van der Waals surface area (Å²) in [4.78, 5) is 15.7. The van der Waals surface area contributed by atoms with E-state index in [1.54, 1.807) is 5.38 Å². The van der Waals surface area contributed by atoms with Gasteiger partial charge in [0.05, 0.1) is 5.01 Å². The number of carbonyl (C=O) groups is 1. The third kappa shape index (κ3) is 1.93. The number of thiazole rings is 1. The Kier molecular flexibility index (Phi) is 2.52. The first kappa shape index (κ1) is 9.61. The Morgan fingerprint density at radius 2 is 2.43 bits per heavy atom. The van der Waals surface area contributed by atoms with Crippen molar-refractivity contribution in [1.82, 2.24) is 10.3 Å². The van der Waals surface area contributed by atoms with Gasteiger partial charge in [-0.05, 0) is 19.8 Å². The van der Waals surface area contributed by atoms with Crippen molar-refractivity contribution >= 4 is 17.2 Å². The number of nitrogens with zero attached hydrogens (tertiary/aromatic N) is 1. The first-order chi connectivity index (χ1) is 6.65. The Hall–Kier alpha value is -0.940. The first-order valence-electron chi connectivity index (χ1n) is 4.63. The van der Waals surface area contributed by atoms with E-state index in [1.165, 1.54) is 11.3 Å². The van der Waals surface area contributed by atoms with Crippen molar-refractivity contribution in [2.75, 3.05) is 0 Å². The fourth-order valence-corrected chi connectivity index (χ4v) is 2.10. The van der Waals surface area contributed by atoms with E-state index < -0.39 is 0 Å². The Bertz CT molecular complexity index is 344. The second-order valence-corrected chi connectivity index (χ2v) is 4.72. The molecule has 1 amide bonds. The van der Waals surface area contributed by atoms with Gasteiger partial charge >= 0.3 is 0 Å². The molecule has 3 N–H and O–H groups in total. The molecule has 0 aliphatic heterocycles. The Morgan fingerprint density at radius 3 is 2.93 bits per heavy atom. The molecule has 5 heteroatoms. The van der Waals surface area contributed by atoms with Crippen LogP contribution in [-0.2, 0) is 0 Å². The highest BCUT2D eigenvalue weighted by Gasteiger charge is 2.27. The Labute approximate surface area is 86.5 Å². The fourth-order valence-electron chi connectivity index (χ4n) is 1.51. The topological polar surface area (TPSA) is 68.0 Å². The van der Waals surface area contributed by atoms with Gasteiger partial charge in [-0.3, -0.25) is 4.79 Å². The molecule has 1 aliphatic carbocycles. The van der Waals surface area contributed by atoms with Gasteiger partial charge in [0.25, 0.3) is 5.91 Å². The van der Waals surface area contributed by atoms with E-state index in [4.69, 9.17) is 5.73 Å². The number of nitrogens with two attached hydrogens (primary N) is 1. The van der Waals surface area contributed by atoms with Crippen molar-refractivity contribution in [3.8, 4) is 0 Å². The zero-order chi connectivity index (χ0) is 10.1. The molecule has 2 rings (SSSR count). The molecule has 1 fully saturated rings. The van der Waals surface area contributed by atoms with E-state index in [0.29, 0.717) is 5.69 Å². The fraction of sp³-hybridized carbons (Fsp3) is 0.556. The van der Waals surface area contributed by atoms with Crippen LogP contribution in [0.3, 0.4) is 0 Å². The normalized spacial score (nSPS) is 25.6. The molecule has 0 unspecified atom stereocenters. The van der Waals surface area contributed by atoms with Gasteiger partial charge < -0.3 is 11.1 Å². The predicted molar refractivity (Wildman–Crippen MR) is 55.3 cm³/mol. The standard InChI is InChI=1S/C9H13N3OS/c1-5-11-8(4-14-5)9(13)12-7-2-6(10)3-7/h4,6-7H,2-3,10H2,1H3,(H,12,13). The molecule has 76 valence electrons. The van der Waals surface area contributed by atoms with Crippen LogP contribution in [0.4, 0.5) is 0 Å². The molecule has 0 atom stereocenters. The Morgan fingerprint density at radius 1 is 1.71 bits per heavy atom. The van der Waals surface area contributed by atoms with Crippen LogP contribution in [0.15, 0.2) is 5.38 Å². The van der Waals surface area contributed by atoms with Crippen LogP contribution in [0.25, 0.3) is 0 Å². The number of hydrogen-bond donors (Lipinski definition) is 2. The molecular weight excluding hydrogens is 198 g/mol. The summed E-state index contributed by atoms with van der Waals surface area (Å²) in [6.45, 7) is 1.89. The van der Waals surface area contributed by atoms with Crippen LogP contribution < -0.4 is 11.1 Å². The number of carbonyl (C=O) groups excluding carboxylic acids is 1. The van der Waals surface area contributed by atoms with E-state index in [0.717, 1.165) is 17.8 Å². The minimum Gasteiger partial charge on any atom is -0.348 e. The summed E-state index contributed by atoms with van der Waals surface area (Å²) in [7, 11) is 0. The molecule has 1 heterocycles. The second-order valence-electron chi connectivity index (χ2n) is 3.65. The molecule has 0 bridgehead atoms. The number of aryl methyl sites for hydroxylation is 1. The quantitative estimate of drug-likeness (QED) is 0.755. The number of nitrogens with one attached hydrogen (secondary N) is 1. The highest BCUT2D eigenvalue weighted by atomic mass is 32.1. The number of amides is 1. The molecule has 0 radical (unpaired) electrons. The minimum absolute atomic E-state index is 0.0775. The highest BCUT2D eigenvalue weighted by molar-refractivity contribution is 7.09. The van der Waals surface area contributed by atoms with Crippen LogP contribution in [-0.4, -0.2) is 23.0 Å². The summed E-state index contributed by atoms with van der Waals surface area (Å²) in [5.41, 5.74) is 6.14.